The minimum absolute atomic E-state index is 0.111. The van der Waals surface area contributed by atoms with Gasteiger partial charge in [-0.1, -0.05) is 0 Å². The molecule has 2 fully saturated rings. The van der Waals surface area contributed by atoms with Crippen molar-refractivity contribution in [1.82, 2.24) is 9.13 Å². The van der Waals surface area contributed by atoms with Crippen molar-refractivity contribution in [1.29, 1.82) is 0 Å². The molecule has 1 unspecified atom stereocenters. The summed E-state index contributed by atoms with van der Waals surface area (Å²) in [5.41, 5.74) is -0.230. The molecule has 2 aliphatic carbocycles. The number of carbonyl (C=O) groups is 1. The van der Waals surface area contributed by atoms with Gasteiger partial charge < -0.3 is 0 Å². The minimum atomic E-state index is -2.68. The highest BCUT2D eigenvalue weighted by molar-refractivity contribution is 7.20. The zero-order chi connectivity index (χ0) is 17.9. The van der Waals surface area contributed by atoms with Crippen molar-refractivity contribution in [2.45, 2.75) is 57.5 Å². The molecule has 4 rings (SSSR count). The van der Waals surface area contributed by atoms with E-state index in [0.717, 1.165) is 24.2 Å². The Bertz CT molecular complexity index is 984. The van der Waals surface area contributed by atoms with E-state index in [1.54, 1.807) is 6.92 Å². The lowest BCUT2D eigenvalue weighted by Crippen LogP contribution is -2.40. The van der Waals surface area contributed by atoms with Gasteiger partial charge in [0.05, 0.1) is 10.3 Å². The molecule has 2 aliphatic rings. The second-order valence-corrected chi connectivity index (χ2v) is 8.18. The fraction of sp³-hybridized carbons (Fsp3) is 0.588. The molecule has 5 nitrogen and oxygen atoms in total. The SMILES string of the molecule is Cc1c(C=O)sc2c1c(=O)n(C1CC1)c(=O)n2CC1CCC(F)(F)C1. The van der Waals surface area contributed by atoms with E-state index >= 15 is 0 Å². The van der Waals surface area contributed by atoms with Crippen molar-refractivity contribution in [3.63, 3.8) is 0 Å². The van der Waals surface area contributed by atoms with Crippen LogP contribution in [0.15, 0.2) is 9.59 Å². The van der Waals surface area contributed by atoms with Crippen molar-refractivity contribution < 1.29 is 13.6 Å². The number of alkyl halides is 2. The highest BCUT2D eigenvalue weighted by atomic mass is 32.1. The molecule has 0 N–H and O–H groups in total. The maximum atomic E-state index is 13.5. The number of nitrogens with zero attached hydrogens (tertiary/aromatic N) is 2. The third-order valence-electron chi connectivity index (χ3n) is 5.25. The van der Waals surface area contributed by atoms with Crippen LogP contribution in [-0.2, 0) is 6.54 Å². The number of aldehydes is 1. The quantitative estimate of drug-likeness (QED) is 0.779. The van der Waals surface area contributed by atoms with Crippen molar-refractivity contribution in [2.75, 3.05) is 0 Å². The number of aromatic nitrogens is 2. The Balaban J connectivity index is 1.91. The van der Waals surface area contributed by atoms with E-state index in [9.17, 15) is 23.2 Å². The molecule has 8 heteroatoms. The van der Waals surface area contributed by atoms with Crippen LogP contribution >= 0.6 is 11.3 Å². The van der Waals surface area contributed by atoms with Gasteiger partial charge in [-0.25, -0.2) is 13.6 Å². The van der Waals surface area contributed by atoms with Gasteiger partial charge in [0, 0.05) is 25.4 Å². The summed E-state index contributed by atoms with van der Waals surface area (Å²) in [6.45, 7) is 1.86. The van der Waals surface area contributed by atoms with Gasteiger partial charge in [-0.3, -0.25) is 18.7 Å². The lowest BCUT2D eigenvalue weighted by molar-refractivity contribution is 0.00434. The van der Waals surface area contributed by atoms with Gasteiger partial charge in [-0.15, -0.1) is 11.3 Å². The molecule has 0 saturated heterocycles. The third-order valence-corrected chi connectivity index (χ3v) is 6.49. The first-order valence-corrected chi connectivity index (χ1v) is 9.25. The van der Waals surface area contributed by atoms with Crippen molar-refractivity contribution in [3.8, 4) is 0 Å². The Morgan fingerprint density at radius 3 is 2.56 bits per heavy atom. The van der Waals surface area contributed by atoms with Crippen LogP contribution in [0.5, 0.6) is 0 Å². The molecular weight excluding hydrogens is 350 g/mol. The van der Waals surface area contributed by atoms with Gasteiger partial charge in [0.1, 0.15) is 4.83 Å². The number of carbonyl (C=O) groups excluding carboxylic acids is 1. The Morgan fingerprint density at radius 2 is 2.00 bits per heavy atom. The van der Waals surface area contributed by atoms with Gasteiger partial charge in [0.25, 0.3) is 5.56 Å². The van der Waals surface area contributed by atoms with E-state index in [1.165, 1.54) is 9.13 Å². The molecule has 0 bridgehead atoms. The van der Waals surface area contributed by atoms with E-state index in [2.05, 4.69) is 0 Å². The predicted octanol–water partition coefficient (Wildman–Crippen LogP) is 3.12. The van der Waals surface area contributed by atoms with Gasteiger partial charge in [-0.2, -0.15) is 0 Å². The van der Waals surface area contributed by atoms with Gasteiger partial charge in [-0.05, 0) is 37.7 Å². The molecule has 0 amide bonds. The van der Waals surface area contributed by atoms with Crippen molar-refractivity contribution in [2.24, 2.45) is 5.92 Å². The zero-order valence-corrected chi connectivity index (χ0v) is 14.6. The Hall–Kier alpha value is -1.83. The molecule has 2 aromatic rings. The van der Waals surface area contributed by atoms with Crippen LogP contribution in [0, 0.1) is 12.8 Å². The molecule has 0 spiro atoms. The first kappa shape index (κ1) is 16.6. The zero-order valence-electron chi connectivity index (χ0n) is 13.8. The smallest absolute Gasteiger partial charge is 0.297 e. The topological polar surface area (TPSA) is 61.1 Å². The second kappa shape index (κ2) is 5.59. The third kappa shape index (κ3) is 2.67. The maximum absolute atomic E-state index is 13.5. The predicted molar refractivity (Wildman–Crippen MR) is 91.0 cm³/mol. The van der Waals surface area contributed by atoms with E-state index in [4.69, 9.17) is 0 Å². The van der Waals surface area contributed by atoms with E-state index in [0.29, 0.717) is 33.4 Å². The molecule has 2 aromatic heterocycles. The normalized spacial score (nSPS) is 22.6. The molecule has 0 radical (unpaired) electrons. The number of hydrogen-bond acceptors (Lipinski definition) is 4. The number of hydrogen-bond donors (Lipinski definition) is 0. The van der Waals surface area contributed by atoms with E-state index in [1.807, 2.05) is 0 Å². The lowest BCUT2D eigenvalue weighted by atomic mass is 10.1. The van der Waals surface area contributed by atoms with Crippen molar-refractivity contribution >= 4 is 27.8 Å². The lowest BCUT2D eigenvalue weighted by Gasteiger charge is -2.15. The van der Waals surface area contributed by atoms with E-state index in [-0.39, 0.29) is 36.9 Å². The number of thiophene rings is 1. The fourth-order valence-corrected chi connectivity index (χ4v) is 4.88. The van der Waals surface area contributed by atoms with Gasteiger partial charge in [0.2, 0.25) is 5.92 Å². The number of aryl methyl sites for hydroxylation is 1. The van der Waals surface area contributed by atoms with Crippen LogP contribution in [0.3, 0.4) is 0 Å². The molecule has 2 saturated carbocycles. The summed E-state index contributed by atoms with van der Waals surface area (Å²) < 4.78 is 29.8. The summed E-state index contributed by atoms with van der Waals surface area (Å²) in [6, 6.07) is -0.111. The van der Waals surface area contributed by atoms with Gasteiger partial charge in [0.15, 0.2) is 6.29 Å². The molecule has 134 valence electrons. The summed E-state index contributed by atoms with van der Waals surface area (Å²) in [7, 11) is 0. The number of rotatable bonds is 4. The van der Waals surface area contributed by atoms with Crippen LogP contribution in [0.1, 0.15) is 53.4 Å². The highest BCUT2D eigenvalue weighted by Gasteiger charge is 2.40. The molecule has 0 aromatic carbocycles. The highest BCUT2D eigenvalue weighted by Crippen LogP contribution is 2.40. The minimum Gasteiger partial charge on any atom is -0.297 e. The molecular formula is C17H18F2N2O3S. The summed E-state index contributed by atoms with van der Waals surface area (Å²) in [6.07, 6.45) is 2.17. The Labute approximate surface area is 145 Å². The van der Waals surface area contributed by atoms with Crippen molar-refractivity contribution in [3.05, 3.63) is 31.3 Å². The Morgan fingerprint density at radius 1 is 1.28 bits per heavy atom. The maximum Gasteiger partial charge on any atom is 0.332 e. The van der Waals surface area contributed by atoms with E-state index < -0.39 is 11.6 Å². The van der Waals surface area contributed by atoms with Crippen LogP contribution in [0.2, 0.25) is 0 Å². The van der Waals surface area contributed by atoms with Gasteiger partial charge >= 0.3 is 5.69 Å². The first-order chi connectivity index (χ1) is 11.8. The summed E-state index contributed by atoms with van der Waals surface area (Å²) >= 11 is 1.10. The first-order valence-electron chi connectivity index (χ1n) is 8.44. The largest absolute Gasteiger partial charge is 0.332 e. The average molecular weight is 368 g/mol. The molecule has 0 aliphatic heterocycles. The number of fused-ring (bicyclic) bond motifs is 1. The molecule has 25 heavy (non-hydrogen) atoms. The van der Waals surface area contributed by atoms with Crippen LogP contribution in [0.4, 0.5) is 8.78 Å². The number of halogens is 2. The second-order valence-electron chi connectivity index (χ2n) is 7.15. The summed E-state index contributed by atoms with van der Waals surface area (Å²) in [5, 5.41) is 0.378. The fourth-order valence-electron chi connectivity index (χ4n) is 3.77. The average Bonchev–Trinajstić information content (AvgIpc) is 3.23. The Kier molecular flexibility index (Phi) is 3.72. The molecule has 1 atom stereocenters. The van der Waals surface area contributed by atoms with Crippen LogP contribution < -0.4 is 11.2 Å². The molecule has 2 heterocycles. The van der Waals surface area contributed by atoms with Crippen LogP contribution in [0.25, 0.3) is 10.2 Å². The summed E-state index contributed by atoms with van der Waals surface area (Å²) in [5.74, 6) is -2.99. The van der Waals surface area contributed by atoms with Crippen LogP contribution in [-0.4, -0.2) is 21.3 Å². The standard InChI is InChI=1S/C17H18F2N2O3S/c1-9-12(8-22)25-15-13(9)14(23)21(11-2-3-11)16(24)20(15)7-10-4-5-17(18,19)6-10/h8,10-11H,2-7H2,1H3. The summed E-state index contributed by atoms with van der Waals surface area (Å²) in [4.78, 5) is 37.8. The monoisotopic (exact) mass is 368 g/mol.